The molecule has 0 amide bonds. The number of hydrogen-bond donors (Lipinski definition) is 1. The summed E-state index contributed by atoms with van der Waals surface area (Å²) in [5.74, 6) is 2.01. The highest BCUT2D eigenvalue weighted by atomic mass is 15.2. The van der Waals surface area contributed by atoms with Gasteiger partial charge in [0.05, 0.1) is 12.1 Å². The fourth-order valence-corrected chi connectivity index (χ4v) is 1.94. The van der Waals surface area contributed by atoms with Crippen molar-refractivity contribution < 1.29 is 0 Å². The summed E-state index contributed by atoms with van der Waals surface area (Å²) in [7, 11) is 0. The van der Waals surface area contributed by atoms with E-state index in [1.54, 1.807) is 0 Å². The minimum absolute atomic E-state index is 0.863. The van der Waals surface area contributed by atoms with Crippen LogP contribution in [0.2, 0.25) is 0 Å². The van der Waals surface area contributed by atoms with Gasteiger partial charge in [-0.15, -0.1) is 0 Å². The molecule has 0 saturated heterocycles. The standard InChI is InChI=1S/C12H18N4/c1-3-16(4-2)12-10(6-5-7-15-12)11-13-8-9-14-11/h5-7H,3-4,8-9H2,1-2H3,(H,13,14). The monoisotopic (exact) mass is 218 g/mol. The van der Waals surface area contributed by atoms with Gasteiger partial charge in [-0.2, -0.15) is 0 Å². The van der Waals surface area contributed by atoms with Crippen LogP contribution in [0.25, 0.3) is 0 Å². The van der Waals surface area contributed by atoms with Gasteiger partial charge < -0.3 is 10.2 Å². The van der Waals surface area contributed by atoms with Gasteiger partial charge in [0.2, 0.25) is 0 Å². The van der Waals surface area contributed by atoms with Gasteiger partial charge in [0.25, 0.3) is 0 Å². The third kappa shape index (κ3) is 2.01. The third-order valence-corrected chi connectivity index (χ3v) is 2.78. The highest BCUT2D eigenvalue weighted by Crippen LogP contribution is 2.17. The predicted molar refractivity (Wildman–Crippen MR) is 67.2 cm³/mol. The first-order valence-electron chi connectivity index (χ1n) is 5.85. The van der Waals surface area contributed by atoms with Crippen molar-refractivity contribution in [2.75, 3.05) is 31.1 Å². The Labute approximate surface area is 96.4 Å². The highest BCUT2D eigenvalue weighted by Gasteiger charge is 2.15. The van der Waals surface area contributed by atoms with Crippen molar-refractivity contribution >= 4 is 11.7 Å². The van der Waals surface area contributed by atoms with E-state index < -0.39 is 0 Å². The molecule has 0 radical (unpaired) electrons. The molecule has 2 heterocycles. The Kier molecular flexibility index (Phi) is 3.39. The lowest BCUT2D eigenvalue weighted by molar-refractivity contribution is 0.843. The lowest BCUT2D eigenvalue weighted by atomic mass is 10.2. The number of amidine groups is 1. The summed E-state index contributed by atoms with van der Waals surface area (Å²) in [5.41, 5.74) is 1.11. The van der Waals surface area contributed by atoms with Crippen LogP contribution in [0.3, 0.4) is 0 Å². The Hall–Kier alpha value is -1.58. The van der Waals surface area contributed by atoms with Crippen molar-refractivity contribution in [2.45, 2.75) is 13.8 Å². The average Bonchev–Trinajstić information content (AvgIpc) is 2.85. The third-order valence-electron chi connectivity index (χ3n) is 2.78. The second-order valence-corrected chi connectivity index (χ2v) is 3.70. The number of aliphatic imine (C=N–C) groups is 1. The molecule has 86 valence electrons. The fraction of sp³-hybridized carbons (Fsp3) is 0.500. The number of aromatic nitrogens is 1. The lowest BCUT2D eigenvalue weighted by Crippen LogP contribution is -2.28. The maximum absolute atomic E-state index is 4.47. The molecule has 0 aliphatic carbocycles. The summed E-state index contributed by atoms with van der Waals surface area (Å²) in [4.78, 5) is 11.2. The molecule has 0 spiro atoms. The number of nitrogens with zero attached hydrogens (tertiary/aromatic N) is 3. The van der Waals surface area contributed by atoms with Crippen molar-refractivity contribution in [2.24, 2.45) is 4.99 Å². The van der Waals surface area contributed by atoms with Gasteiger partial charge in [0, 0.05) is 25.8 Å². The molecular weight excluding hydrogens is 200 g/mol. The zero-order valence-corrected chi connectivity index (χ0v) is 9.90. The van der Waals surface area contributed by atoms with Gasteiger partial charge in [0.15, 0.2) is 0 Å². The van der Waals surface area contributed by atoms with E-state index in [-0.39, 0.29) is 0 Å². The van der Waals surface area contributed by atoms with Crippen LogP contribution in [0.1, 0.15) is 19.4 Å². The Bertz CT molecular complexity index is 382. The number of nitrogens with one attached hydrogen (secondary N) is 1. The molecule has 2 rings (SSSR count). The molecule has 4 heteroatoms. The van der Waals surface area contributed by atoms with Crippen LogP contribution < -0.4 is 10.2 Å². The van der Waals surface area contributed by atoms with E-state index in [4.69, 9.17) is 0 Å². The number of anilines is 1. The maximum Gasteiger partial charge on any atom is 0.139 e. The Morgan fingerprint density at radius 2 is 2.19 bits per heavy atom. The molecule has 1 aromatic heterocycles. The van der Waals surface area contributed by atoms with Crippen molar-refractivity contribution in [3.05, 3.63) is 23.9 Å². The molecule has 16 heavy (non-hydrogen) atoms. The fourth-order valence-electron chi connectivity index (χ4n) is 1.94. The molecular formula is C12H18N4. The van der Waals surface area contributed by atoms with E-state index in [0.29, 0.717) is 0 Å². The number of rotatable bonds is 4. The van der Waals surface area contributed by atoms with E-state index in [1.165, 1.54) is 0 Å². The van der Waals surface area contributed by atoms with Gasteiger partial charge >= 0.3 is 0 Å². The molecule has 0 bridgehead atoms. The van der Waals surface area contributed by atoms with Crippen LogP contribution in [0.5, 0.6) is 0 Å². The Morgan fingerprint density at radius 3 is 2.81 bits per heavy atom. The average molecular weight is 218 g/mol. The lowest BCUT2D eigenvalue weighted by Gasteiger charge is -2.22. The summed E-state index contributed by atoms with van der Waals surface area (Å²) in [6, 6.07) is 4.04. The minimum Gasteiger partial charge on any atom is -0.368 e. The topological polar surface area (TPSA) is 40.5 Å². The van der Waals surface area contributed by atoms with Crippen LogP contribution in [-0.4, -0.2) is 37.0 Å². The predicted octanol–water partition coefficient (Wildman–Crippen LogP) is 1.28. The molecule has 1 aliphatic rings. The van der Waals surface area contributed by atoms with Crippen molar-refractivity contribution in [3.8, 4) is 0 Å². The Morgan fingerprint density at radius 1 is 1.38 bits per heavy atom. The molecule has 4 nitrogen and oxygen atoms in total. The highest BCUT2D eigenvalue weighted by molar-refractivity contribution is 6.03. The zero-order chi connectivity index (χ0) is 11.4. The van der Waals surface area contributed by atoms with Crippen LogP contribution >= 0.6 is 0 Å². The van der Waals surface area contributed by atoms with E-state index in [1.807, 2.05) is 12.3 Å². The largest absolute Gasteiger partial charge is 0.368 e. The summed E-state index contributed by atoms with van der Waals surface area (Å²) >= 11 is 0. The quantitative estimate of drug-likeness (QED) is 0.827. The number of pyridine rings is 1. The Balaban J connectivity index is 2.36. The van der Waals surface area contributed by atoms with Gasteiger partial charge in [-0.25, -0.2) is 4.98 Å². The van der Waals surface area contributed by atoms with Crippen molar-refractivity contribution in [3.63, 3.8) is 0 Å². The van der Waals surface area contributed by atoms with Gasteiger partial charge in [-0.1, -0.05) is 0 Å². The second-order valence-electron chi connectivity index (χ2n) is 3.70. The zero-order valence-electron chi connectivity index (χ0n) is 9.90. The van der Waals surface area contributed by atoms with Gasteiger partial charge in [0.1, 0.15) is 11.7 Å². The molecule has 1 aliphatic heterocycles. The molecule has 1 N–H and O–H groups in total. The van der Waals surface area contributed by atoms with Crippen LogP contribution in [0.15, 0.2) is 23.3 Å². The first kappa shape index (κ1) is 10.9. The van der Waals surface area contributed by atoms with Crippen LogP contribution in [0, 0.1) is 0 Å². The first-order valence-corrected chi connectivity index (χ1v) is 5.85. The summed E-state index contributed by atoms with van der Waals surface area (Å²) in [5, 5.41) is 3.30. The normalized spacial score (nSPS) is 14.5. The molecule has 1 aromatic rings. The molecule has 0 saturated carbocycles. The maximum atomic E-state index is 4.47. The van der Waals surface area contributed by atoms with Gasteiger partial charge in [-0.05, 0) is 26.0 Å². The SMILES string of the molecule is CCN(CC)c1ncccc1C1=NCCN1. The van der Waals surface area contributed by atoms with Crippen LogP contribution in [-0.2, 0) is 0 Å². The first-order chi connectivity index (χ1) is 7.86. The molecule has 0 fully saturated rings. The minimum atomic E-state index is 0.863. The van der Waals surface area contributed by atoms with E-state index in [2.05, 4.69) is 40.1 Å². The summed E-state index contributed by atoms with van der Waals surface area (Å²) in [6.45, 7) is 8.02. The summed E-state index contributed by atoms with van der Waals surface area (Å²) in [6.07, 6.45) is 1.84. The van der Waals surface area contributed by atoms with Gasteiger partial charge in [-0.3, -0.25) is 4.99 Å². The van der Waals surface area contributed by atoms with Crippen molar-refractivity contribution in [1.82, 2.24) is 10.3 Å². The van der Waals surface area contributed by atoms with Crippen molar-refractivity contribution in [1.29, 1.82) is 0 Å². The summed E-state index contributed by atoms with van der Waals surface area (Å²) < 4.78 is 0. The van der Waals surface area contributed by atoms with E-state index >= 15 is 0 Å². The van der Waals surface area contributed by atoms with E-state index in [0.717, 1.165) is 43.4 Å². The van der Waals surface area contributed by atoms with E-state index in [9.17, 15) is 0 Å². The number of hydrogen-bond acceptors (Lipinski definition) is 4. The molecule has 0 atom stereocenters. The second kappa shape index (κ2) is 4.96. The molecule has 0 aromatic carbocycles. The van der Waals surface area contributed by atoms with Crippen LogP contribution in [0.4, 0.5) is 5.82 Å². The smallest absolute Gasteiger partial charge is 0.139 e. The molecule has 0 unspecified atom stereocenters.